The smallest absolute Gasteiger partial charge is 0.274 e. The Hall–Kier alpha value is -3.94. The number of para-hydroxylation sites is 1. The number of hydrogen-bond donors (Lipinski definition) is 0. The summed E-state index contributed by atoms with van der Waals surface area (Å²) < 4.78 is 5.41. The molecule has 0 aromatic heterocycles. The molecule has 0 spiro atoms. The Morgan fingerprint density at radius 2 is 1.46 bits per heavy atom. The molecular weight excluding hydrogens is 498 g/mol. The van der Waals surface area contributed by atoms with E-state index in [1.807, 2.05) is 85.9 Å². The van der Waals surface area contributed by atoms with E-state index in [9.17, 15) is 4.79 Å². The van der Waals surface area contributed by atoms with Crippen molar-refractivity contribution in [3.8, 4) is 16.9 Å². The van der Waals surface area contributed by atoms with Crippen molar-refractivity contribution in [1.29, 1.82) is 0 Å². The Morgan fingerprint density at radius 1 is 0.784 bits per heavy atom. The van der Waals surface area contributed by atoms with Crippen LogP contribution in [0.5, 0.6) is 5.75 Å². The summed E-state index contributed by atoms with van der Waals surface area (Å²) in [5.74, 6) is 0.708. The second kappa shape index (κ2) is 9.84. The molecule has 0 aliphatic carbocycles. The van der Waals surface area contributed by atoms with Crippen LogP contribution in [0.25, 0.3) is 11.1 Å². The van der Waals surface area contributed by atoms with Gasteiger partial charge in [-0.2, -0.15) is 0 Å². The molecule has 0 unspecified atom stereocenters. The summed E-state index contributed by atoms with van der Waals surface area (Å²) in [5, 5.41) is 1.53. The Morgan fingerprint density at radius 3 is 2.16 bits per heavy atom. The van der Waals surface area contributed by atoms with Gasteiger partial charge in [0.25, 0.3) is 5.91 Å². The number of amidine groups is 1. The van der Waals surface area contributed by atoms with Gasteiger partial charge in [-0.1, -0.05) is 72.4 Å². The second-order valence-electron chi connectivity index (χ2n) is 8.51. The number of nitrogens with zero attached hydrogens (tertiary/aromatic N) is 3. The van der Waals surface area contributed by atoms with Gasteiger partial charge in [-0.15, -0.1) is 0 Å². The van der Waals surface area contributed by atoms with Gasteiger partial charge in [-0.05, 0) is 59.3 Å². The van der Waals surface area contributed by atoms with Crippen LogP contribution >= 0.6 is 23.5 Å². The fourth-order valence-electron chi connectivity index (χ4n) is 4.30. The van der Waals surface area contributed by atoms with Crippen molar-refractivity contribution >= 4 is 51.7 Å². The minimum atomic E-state index is -0.0787. The van der Waals surface area contributed by atoms with E-state index in [0.717, 1.165) is 43.9 Å². The molecule has 0 saturated carbocycles. The van der Waals surface area contributed by atoms with Gasteiger partial charge >= 0.3 is 0 Å². The number of amides is 1. The van der Waals surface area contributed by atoms with Crippen molar-refractivity contribution < 1.29 is 9.53 Å². The predicted octanol–water partition coefficient (Wildman–Crippen LogP) is 7.54. The normalized spacial score (nSPS) is 18.0. The highest BCUT2D eigenvalue weighted by molar-refractivity contribution is 8.20. The van der Waals surface area contributed by atoms with Crippen LogP contribution < -0.4 is 14.5 Å². The van der Waals surface area contributed by atoms with E-state index in [0.29, 0.717) is 10.1 Å². The number of anilines is 2. The highest BCUT2D eigenvalue weighted by Crippen LogP contribution is 2.51. The fraction of sp³-hybridized carbons (Fsp3) is 0.0667. The molecule has 37 heavy (non-hydrogen) atoms. The Labute approximate surface area is 224 Å². The Balaban J connectivity index is 1.39. The van der Waals surface area contributed by atoms with E-state index in [1.54, 1.807) is 23.8 Å². The number of rotatable bonds is 4. The van der Waals surface area contributed by atoms with Crippen LogP contribution in [-0.2, 0) is 4.79 Å². The van der Waals surface area contributed by atoms with Crippen LogP contribution in [0.2, 0.25) is 0 Å². The zero-order chi connectivity index (χ0) is 25.4. The molecule has 0 atom stereocenters. The van der Waals surface area contributed by atoms with Crippen molar-refractivity contribution in [1.82, 2.24) is 0 Å². The molecular formula is C30H23N3O2S2. The van der Waals surface area contributed by atoms with Gasteiger partial charge < -0.3 is 9.64 Å². The van der Waals surface area contributed by atoms with Crippen molar-refractivity contribution in [3.05, 3.63) is 113 Å². The molecule has 4 aromatic carbocycles. The summed E-state index contributed by atoms with van der Waals surface area (Å²) in [6.07, 6.45) is 0. The summed E-state index contributed by atoms with van der Waals surface area (Å²) in [6.45, 7) is 0. The van der Waals surface area contributed by atoms with E-state index < -0.39 is 0 Å². The third kappa shape index (κ3) is 4.41. The average molecular weight is 522 g/mol. The molecule has 182 valence electrons. The molecule has 1 saturated heterocycles. The number of carbonyl (C=O) groups is 1. The lowest BCUT2D eigenvalue weighted by atomic mass is 10.1. The number of methoxy groups -OCH3 is 1. The molecule has 4 aromatic rings. The summed E-state index contributed by atoms with van der Waals surface area (Å²) in [4.78, 5) is 24.3. The molecule has 0 radical (unpaired) electrons. The van der Waals surface area contributed by atoms with Crippen LogP contribution in [0, 0.1) is 0 Å². The average Bonchev–Trinajstić information content (AvgIpc) is 3.45. The summed E-state index contributed by atoms with van der Waals surface area (Å²) in [5.41, 5.74) is 4.89. The lowest BCUT2D eigenvalue weighted by Crippen LogP contribution is -2.29. The Kier molecular flexibility index (Phi) is 6.24. The molecule has 2 aliphatic heterocycles. The fourth-order valence-corrected chi connectivity index (χ4v) is 6.63. The van der Waals surface area contributed by atoms with Crippen LogP contribution in [0.4, 0.5) is 17.1 Å². The number of ether oxygens (including phenoxy) is 1. The van der Waals surface area contributed by atoms with E-state index in [1.165, 1.54) is 11.8 Å². The minimum absolute atomic E-state index is 0.0787. The third-order valence-electron chi connectivity index (χ3n) is 6.23. The highest BCUT2D eigenvalue weighted by Gasteiger charge is 2.40. The lowest BCUT2D eigenvalue weighted by Gasteiger charge is -2.17. The molecule has 0 N–H and O–H groups in total. The molecule has 1 fully saturated rings. The van der Waals surface area contributed by atoms with E-state index in [2.05, 4.69) is 29.2 Å². The number of benzene rings is 4. The molecule has 0 bridgehead atoms. The van der Waals surface area contributed by atoms with Crippen molar-refractivity contribution in [2.24, 2.45) is 4.99 Å². The van der Waals surface area contributed by atoms with Gasteiger partial charge in [0.15, 0.2) is 5.17 Å². The van der Waals surface area contributed by atoms with E-state index >= 15 is 0 Å². The van der Waals surface area contributed by atoms with Gasteiger partial charge in [0, 0.05) is 18.0 Å². The third-order valence-corrected chi connectivity index (χ3v) is 8.62. The van der Waals surface area contributed by atoms with Crippen molar-refractivity contribution in [3.63, 3.8) is 0 Å². The molecule has 5 nitrogen and oxygen atoms in total. The van der Waals surface area contributed by atoms with Gasteiger partial charge in [0.05, 0.1) is 29.2 Å². The van der Waals surface area contributed by atoms with Gasteiger partial charge in [0.1, 0.15) is 10.7 Å². The molecule has 2 heterocycles. The number of aliphatic imine (C=N–C) groups is 1. The first-order chi connectivity index (χ1) is 18.1. The second-order valence-corrected chi connectivity index (χ2v) is 10.5. The number of thioether (sulfide) groups is 2. The highest BCUT2D eigenvalue weighted by atomic mass is 32.2. The maximum atomic E-state index is 13.9. The first-order valence-electron chi connectivity index (χ1n) is 11.8. The predicted molar refractivity (Wildman–Crippen MR) is 155 cm³/mol. The first kappa shape index (κ1) is 23.5. The zero-order valence-electron chi connectivity index (χ0n) is 20.3. The van der Waals surface area contributed by atoms with Crippen LogP contribution in [0.3, 0.4) is 0 Å². The lowest BCUT2D eigenvalue weighted by molar-refractivity contribution is -0.113. The monoisotopic (exact) mass is 521 g/mol. The zero-order valence-corrected chi connectivity index (χ0v) is 21.9. The summed E-state index contributed by atoms with van der Waals surface area (Å²) in [7, 11) is 3.64. The quantitative estimate of drug-likeness (QED) is 0.260. The van der Waals surface area contributed by atoms with Crippen LogP contribution in [0.15, 0.2) is 123 Å². The number of carbonyl (C=O) groups excluding carboxylic acids is 1. The number of hydrogen-bond acceptors (Lipinski definition) is 6. The first-order valence-corrected chi connectivity index (χ1v) is 13.4. The molecule has 2 aliphatic rings. The standard InChI is InChI=1S/C30H23N3O2S2/c1-32-25-19-24(35-2)17-18-26(25)36-29(32)27-28(34)33(23-11-7-4-8-12-23)30(37-27)31-22-15-13-21(14-16-22)20-9-5-3-6-10-20/h3-19H,1-2H3. The molecule has 1 amide bonds. The van der Waals surface area contributed by atoms with Crippen molar-refractivity contribution in [2.45, 2.75) is 4.90 Å². The molecule has 6 rings (SSSR count). The van der Waals surface area contributed by atoms with Crippen LogP contribution in [-0.4, -0.2) is 25.2 Å². The summed E-state index contributed by atoms with van der Waals surface area (Å²) in [6, 6.07) is 34.0. The maximum Gasteiger partial charge on any atom is 0.274 e. The van der Waals surface area contributed by atoms with Gasteiger partial charge in [-0.3, -0.25) is 9.69 Å². The maximum absolute atomic E-state index is 13.9. The van der Waals surface area contributed by atoms with E-state index in [4.69, 9.17) is 9.73 Å². The van der Waals surface area contributed by atoms with E-state index in [-0.39, 0.29) is 5.91 Å². The van der Waals surface area contributed by atoms with Gasteiger partial charge in [0.2, 0.25) is 0 Å². The largest absolute Gasteiger partial charge is 0.497 e. The molecule has 7 heteroatoms. The van der Waals surface area contributed by atoms with Crippen LogP contribution in [0.1, 0.15) is 0 Å². The Bertz CT molecular complexity index is 1530. The number of fused-ring (bicyclic) bond motifs is 1. The topological polar surface area (TPSA) is 45.1 Å². The SMILES string of the molecule is COc1ccc2c(c1)N(C)C(=C1SC(=Nc3ccc(-c4ccccc4)cc3)N(c3ccccc3)C1=O)S2. The minimum Gasteiger partial charge on any atom is -0.497 e. The van der Waals surface area contributed by atoms with Gasteiger partial charge in [-0.25, -0.2) is 4.99 Å². The van der Waals surface area contributed by atoms with Crippen molar-refractivity contribution in [2.75, 3.05) is 24.0 Å². The summed E-state index contributed by atoms with van der Waals surface area (Å²) >= 11 is 3.01.